The van der Waals surface area contributed by atoms with Crippen LogP contribution in [-0.4, -0.2) is 21.5 Å². The lowest BCUT2D eigenvalue weighted by Crippen LogP contribution is -2.17. The van der Waals surface area contributed by atoms with Crippen molar-refractivity contribution in [3.05, 3.63) is 41.9 Å². The van der Waals surface area contributed by atoms with Gasteiger partial charge in [-0.15, -0.1) is 0 Å². The lowest BCUT2D eigenvalue weighted by atomic mass is 10.2. The lowest BCUT2D eigenvalue weighted by Gasteiger charge is -2.09. The van der Waals surface area contributed by atoms with Crippen LogP contribution >= 0.6 is 11.6 Å². The molecule has 2 aromatic rings. The predicted molar refractivity (Wildman–Crippen MR) is 72.4 cm³/mol. The van der Waals surface area contributed by atoms with Crippen LogP contribution in [0.25, 0.3) is 0 Å². The molecule has 0 spiro atoms. The molecular weight excluding hydrogens is 268 g/mol. The third-order valence-electron chi connectivity index (χ3n) is 2.27. The Bertz CT molecular complexity index is 610. The molecule has 2 N–H and O–H groups in total. The van der Waals surface area contributed by atoms with Crippen molar-refractivity contribution in [1.82, 2.24) is 9.55 Å². The van der Waals surface area contributed by atoms with Crippen molar-refractivity contribution < 1.29 is 9.59 Å². The second-order valence-electron chi connectivity index (χ2n) is 3.78. The summed E-state index contributed by atoms with van der Waals surface area (Å²) in [4.78, 5) is 26.5. The summed E-state index contributed by atoms with van der Waals surface area (Å²) in [6.45, 7) is 1.39. The highest BCUT2D eigenvalue weighted by molar-refractivity contribution is 6.34. The fourth-order valence-corrected chi connectivity index (χ4v) is 1.68. The number of carbonyl (C=O) groups excluding carboxylic acids is 2. The number of nitrogens with one attached hydrogen (secondary N) is 2. The molecule has 2 amide bonds. The van der Waals surface area contributed by atoms with Crippen LogP contribution in [-0.2, 0) is 4.79 Å². The van der Waals surface area contributed by atoms with Crippen LogP contribution in [0.4, 0.5) is 16.2 Å². The number of benzene rings is 1. The molecule has 0 radical (unpaired) electrons. The topological polar surface area (TPSA) is 76.0 Å². The molecule has 6 nitrogen and oxygen atoms in total. The average molecular weight is 279 g/mol. The minimum Gasteiger partial charge on any atom is -0.325 e. The Kier molecular flexibility index (Phi) is 3.82. The number of hydrogen-bond acceptors (Lipinski definition) is 3. The molecular formula is C12H11ClN4O2. The number of carbonyl (C=O) groups is 2. The van der Waals surface area contributed by atoms with E-state index in [1.807, 2.05) is 0 Å². The second kappa shape index (κ2) is 5.53. The molecule has 1 aromatic heterocycles. The Morgan fingerprint density at radius 3 is 2.68 bits per heavy atom. The van der Waals surface area contributed by atoms with Crippen molar-refractivity contribution in [1.29, 1.82) is 0 Å². The van der Waals surface area contributed by atoms with E-state index in [1.54, 1.807) is 18.2 Å². The monoisotopic (exact) mass is 278 g/mol. The number of rotatable bonds is 2. The normalized spacial score (nSPS) is 10.0. The molecule has 0 bridgehead atoms. The Balaban J connectivity index is 2.12. The summed E-state index contributed by atoms with van der Waals surface area (Å²) in [5.41, 5.74) is 1.02. The van der Waals surface area contributed by atoms with E-state index in [0.717, 1.165) is 0 Å². The molecule has 7 heteroatoms. The quantitative estimate of drug-likeness (QED) is 0.886. The van der Waals surface area contributed by atoms with E-state index < -0.39 is 0 Å². The highest BCUT2D eigenvalue weighted by Gasteiger charge is 2.07. The molecule has 0 saturated heterocycles. The third kappa shape index (κ3) is 3.32. The molecule has 0 unspecified atom stereocenters. The van der Waals surface area contributed by atoms with Crippen molar-refractivity contribution in [2.45, 2.75) is 6.92 Å². The molecule has 98 valence electrons. The first-order valence-corrected chi connectivity index (χ1v) is 5.80. The first-order chi connectivity index (χ1) is 9.06. The van der Waals surface area contributed by atoms with Crippen LogP contribution in [0, 0.1) is 0 Å². The van der Waals surface area contributed by atoms with Gasteiger partial charge in [0.2, 0.25) is 5.91 Å². The number of imidazole rings is 1. The summed E-state index contributed by atoms with van der Waals surface area (Å²) in [5.74, 6) is -0.211. The SMILES string of the molecule is CC(=O)Nc1ccc(NC(=O)n2ccnc2)cc1Cl. The third-order valence-corrected chi connectivity index (χ3v) is 2.58. The fraction of sp³-hybridized carbons (Fsp3) is 0.0833. The Labute approximate surface area is 114 Å². The van der Waals surface area contributed by atoms with Gasteiger partial charge in [-0.25, -0.2) is 9.78 Å². The number of aromatic nitrogens is 2. The standard InChI is InChI=1S/C12H11ClN4O2/c1-8(18)15-11-3-2-9(6-10(11)13)16-12(19)17-5-4-14-7-17/h2-7H,1H3,(H,15,18)(H,16,19). The van der Waals surface area contributed by atoms with Gasteiger partial charge in [0, 0.05) is 25.0 Å². The highest BCUT2D eigenvalue weighted by Crippen LogP contribution is 2.25. The summed E-state index contributed by atoms with van der Waals surface area (Å²) >= 11 is 6.00. The molecule has 0 saturated carbocycles. The van der Waals surface area contributed by atoms with Crippen molar-refractivity contribution in [2.75, 3.05) is 10.6 Å². The van der Waals surface area contributed by atoms with Crippen molar-refractivity contribution in [3.8, 4) is 0 Å². The van der Waals surface area contributed by atoms with Gasteiger partial charge in [-0.3, -0.25) is 9.36 Å². The van der Waals surface area contributed by atoms with Crippen LogP contribution in [0.1, 0.15) is 6.92 Å². The number of halogens is 1. The second-order valence-corrected chi connectivity index (χ2v) is 4.18. The van der Waals surface area contributed by atoms with Gasteiger partial charge in [0.25, 0.3) is 0 Å². The largest absolute Gasteiger partial charge is 0.331 e. The number of hydrogen-bond donors (Lipinski definition) is 2. The summed E-state index contributed by atoms with van der Waals surface area (Å²) in [6.07, 6.45) is 4.43. The van der Waals surface area contributed by atoms with Gasteiger partial charge in [0.1, 0.15) is 6.33 Å². The predicted octanol–water partition coefficient (Wildman–Crippen LogP) is 2.58. The maximum Gasteiger partial charge on any atom is 0.331 e. The van der Waals surface area contributed by atoms with Crippen LogP contribution in [0.2, 0.25) is 5.02 Å². The Hall–Kier alpha value is -2.34. The van der Waals surface area contributed by atoms with E-state index in [4.69, 9.17) is 11.6 Å². The average Bonchev–Trinajstić information content (AvgIpc) is 2.86. The van der Waals surface area contributed by atoms with Gasteiger partial charge in [0.05, 0.1) is 10.7 Å². The number of anilines is 2. The summed E-state index contributed by atoms with van der Waals surface area (Å²) in [6, 6.07) is 4.47. The van der Waals surface area contributed by atoms with E-state index in [2.05, 4.69) is 15.6 Å². The van der Waals surface area contributed by atoms with Gasteiger partial charge in [-0.2, -0.15) is 0 Å². The van der Waals surface area contributed by atoms with E-state index in [-0.39, 0.29) is 11.9 Å². The maximum atomic E-state index is 11.7. The molecule has 0 fully saturated rings. The van der Waals surface area contributed by atoms with Crippen LogP contribution in [0.3, 0.4) is 0 Å². The van der Waals surface area contributed by atoms with Crippen LogP contribution in [0.15, 0.2) is 36.9 Å². The van der Waals surface area contributed by atoms with Crippen LogP contribution in [0.5, 0.6) is 0 Å². The molecule has 0 aliphatic rings. The van der Waals surface area contributed by atoms with E-state index >= 15 is 0 Å². The van der Waals surface area contributed by atoms with Crippen molar-refractivity contribution >= 4 is 34.9 Å². The van der Waals surface area contributed by atoms with Crippen molar-refractivity contribution in [3.63, 3.8) is 0 Å². The fourth-order valence-electron chi connectivity index (χ4n) is 1.45. The zero-order valence-electron chi connectivity index (χ0n) is 10.1. The molecule has 1 heterocycles. The lowest BCUT2D eigenvalue weighted by molar-refractivity contribution is -0.114. The molecule has 0 aliphatic carbocycles. The van der Waals surface area contributed by atoms with Gasteiger partial charge in [-0.1, -0.05) is 11.6 Å². The minimum atomic E-state index is -0.346. The number of amides is 2. The Morgan fingerprint density at radius 1 is 1.32 bits per heavy atom. The maximum absolute atomic E-state index is 11.7. The van der Waals surface area contributed by atoms with E-state index in [1.165, 1.54) is 30.2 Å². The minimum absolute atomic E-state index is 0.211. The van der Waals surface area contributed by atoms with Gasteiger partial charge >= 0.3 is 6.03 Å². The first-order valence-electron chi connectivity index (χ1n) is 5.43. The summed E-state index contributed by atoms with van der Waals surface area (Å²) in [5, 5.41) is 5.58. The molecule has 0 atom stereocenters. The van der Waals surface area contributed by atoms with E-state index in [0.29, 0.717) is 16.4 Å². The summed E-state index contributed by atoms with van der Waals surface area (Å²) < 4.78 is 1.30. The zero-order valence-corrected chi connectivity index (χ0v) is 10.8. The molecule has 0 aliphatic heterocycles. The highest BCUT2D eigenvalue weighted by atomic mass is 35.5. The van der Waals surface area contributed by atoms with E-state index in [9.17, 15) is 9.59 Å². The molecule has 19 heavy (non-hydrogen) atoms. The van der Waals surface area contributed by atoms with Crippen molar-refractivity contribution in [2.24, 2.45) is 0 Å². The molecule has 2 rings (SSSR count). The van der Waals surface area contributed by atoms with Gasteiger partial charge < -0.3 is 10.6 Å². The smallest absolute Gasteiger partial charge is 0.325 e. The summed E-state index contributed by atoms with van der Waals surface area (Å²) in [7, 11) is 0. The first kappa shape index (κ1) is 13.1. The zero-order chi connectivity index (χ0) is 13.8. The van der Waals surface area contributed by atoms with Gasteiger partial charge in [-0.05, 0) is 18.2 Å². The van der Waals surface area contributed by atoms with Gasteiger partial charge in [0.15, 0.2) is 0 Å². The molecule has 1 aromatic carbocycles. The van der Waals surface area contributed by atoms with Crippen LogP contribution < -0.4 is 10.6 Å². The number of nitrogens with zero attached hydrogens (tertiary/aromatic N) is 2. The Morgan fingerprint density at radius 2 is 2.11 bits per heavy atom.